The van der Waals surface area contributed by atoms with Crippen molar-refractivity contribution in [2.45, 2.75) is 45.1 Å². The molecule has 0 unspecified atom stereocenters. The van der Waals surface area contributed by atoms with Crippen molar-refractivity contribution in [3.63, 3.8) is 0 Å². The van der Waals surface area contributed by atoms with Gasteiger partial charge in [0.1, 0.15) is 18.5 Å². The molecule has 0 aliphatic rings. The van der Waals surface area contributed by atoms with Gasteiger partial charge in [0.2, 0.25) is 0 Å². The minimum absolute atomic E-state index is 0.0665. The summed E-state index contributed by atoms with van der Waals surface area (Å²) in [7, 11) is 0. The molecule has 7 nitrogen and oxygen atoms in total. The summed E-state index contributed by atoms with van der Waals surface area (Å²) in [6.45, 7) is 6.01. The summed E-state index contributed by atoms with van der Waals surface area (Å²) >= 11 is 0. The van der Waals surface area contributed by atoms with Crippen LogP contribution >= 0.6 is 0 Å². The summed E-state index contributed by atoms with van der Waals surface area (Å²) < 4.78 is 11.4. The molecule has 7 heteroatoms. The van der Waals surface area contributed by atoms with Crippen LogP contribution in [0.15, 0.2) is 84.9 Å². The Bertz CT molecular complexity index is 1290. The number of aromatic carboxylic acids is 1. The largest absolute Gasteiger partial charge is 0.491 e. The van der Waals surface area contributed by atoms with E-state index in [0.717, 1.165) is 12.8 Å². The summed E-state index contributed by atoms with van der Waals surface area (Å²) in [5.41, 5.74) is 2.38. The van der Waals surface area contributed by atoms with Crippen molar-refractivity contribution < 1.29 is 34.1 Å². The molecule has 1 atom stereocenters. The summed E-state index contributed by atoms with van der Waals surface area (Å²) in [6, 6.07) is 20.1. The van der Waals surface area contributed by atoms with E-state index in [1.165, 1.54) is 6.07 Å². The Morgan fingerprint density at radius 2 is 1.49 bits per heavy atom. The van der Waals surface area contributed by atoms with Gasteiger partial charge in [-0.15, -0.1) is 0 Å². The number of hydrogen-bond acceptors (Lipinski definition) is 6. The summed E-state index contributed by atoms with van der Waals surface area (Å²) in [5, 5.41) is 18.7. The molecule has 0 aliphatic carbocycles. The number of carboxylic acids is 1. The molecule has 0 aromatic heterocycles. The number of carbonyl (C=O) groups is 3. The molecule has 0 spiro atoms. The fourth-order valence-corrected chi connectivity index (χ4v) is 4.20. The maximum absolute atomic E-state index is 13.5. The minimum atomic E-state index is -1.10. The number of ether oxygens (including phenoxy) is 2. The zero-order valence-corrected chi connectivity index (χ0v) is 22.1. The number of benzene rings is 3. The fraction of sp³-hybridized carbons (Fsp3) is 0.281. The van der Waals surface area contributed by atoms with E-state index in [1.807, 2.05) is 6.92 Å². The normalized spacial score (nSPS) is 11.4. The van der Waals surface area contributed by atoms with E-state index in [-0.39, 0.29) is 43.0 Å². The van der Waals surface area contributed by atoms with Gasteiger partial charge in [-0.3, -0.25) is 4.79 Å². The molecule has 0 radical (unpaired) electrons. The number of carboxylic acid groups (broad SMARTS) is 1. The number of aliphatic hydroxyl groups is 1. The van der Waals surface area contributed by atoms with Crippen LogP contribution in [-0.2, 0) is 9.53 Å². The minimum Gasteiger partial charge on any atom is -0.491 e. The first-order valence-electron chi connectivity index (χ1n) is 13.0. The lowest BCUT2D eigenvalue weighted by atomic mass is 9.95. The van der Waals surface area contributed by atoms with E-state index < -0.39 is 18.0 Å². The second kappa shape index (κ2) is 14.6. The van der Waals surface area contributed by atoms with Crippen LogP contribution in [-0.4, -0.2) is 41.1 Å². The maximum atomic E-state index is 13.5. The number of aliphatic hydroxyl groups excluding tert-OH is 1. The van der Waals surface area contributed by atoms with Crippen LogP contribution in [0.3, 0.4) is 0 Å². The highest BCUT2D eigenvalue weighted by molar-refractivity contribution is 6.02. The molecule has 204 valence electrons. The number of carbonyl (C=O) groups excluding carboxylic acids is 2. The lowest BCUT2D eigenvalue weighted by molar-refractivity contribution is -0.116. The van der Waals surface area contributed by atoms with Crippen LogP contribution < -0.4 is 4.74 Å². The van der Waals surface area contributed by atoms with E-state index in [9.17, 15) is 19.5 Å². The Kier molecular flexibility index (Phi) is 11.0. The predicted molar refractivity (Wildman–Crippen MR) is 149 cm³/mol. The number of unbranched alkanes of at least 4 members (excludes halogenated alkanes) is 1. The van der Waals surface area contributed by atoms with E-state index >= 15 is 0 Å². The van der Waals surface area contributed by atoms with Gasteiger partial charge in [-0.25, -0.2) is 9.59 Å². The summed E-state index contributed by atoms with van der Waals surface area (Å²) in [5.74, 6) is -1.24. The smallest absolute Gasteiger partial charge is 0.339 e. The number of esters is 1. The number of Topliss-reactive ketones (excluding diaryl/α,β-unsaturated/α-hetero) is 1. The van der Waals surface area contributed by atoms with E-state index in [4.69, 9.17) is 14.6 Å². The van der Waals surface area contributed by atoms with Gasteiger partial charge in [0.25, 0.3) is 0 Å². The highest BCUT2D eigenvalue weighted by atomic mass is 16.5. The Morgan fingerprint density at radius 1 is 0.872 bits per heavy atom. The van der Waals surface area contributed by atoms with Gasteiger partial charge < -0.3 is 19.7 Å². The quantitative estimate of drug-likeness (QED) is 0.172. The lowest BCUT2D eigenvalue weighted by Crippen LogP contribution is -2.15. The third-order valence-corrected chi connectivity index (χ3v) is 6.32. The fourth-order valence-electron chi connectivity index (χ4n) is 4.20. The second-order valence-corrected chi connectivity index (χ2v) is 9.10. The number of ketones is 1. The van der Waals surface area contributed by atoms with Gasteiger partial charge >= 0.3 is 11.9 Å². The SMILES string of the molecule is C=C(CCCC)C(=O)CC[C@@H](OC(=O)c1ccccc1-c1ccccc1C(=O)O)c1ccc(OCCO)cc1. The molecule has 0 heterocycles. The van der Waals surface area contributed by atoms with Crippen LogP contribution in [0.25, 0.3) is 11.1 Å². The first-order chi connectivity index (χ1) is 18.8. The highest BCUT2D eigenvalue weighted by Crippen LogP contribution is 2.31. The van der Waals surface area contributed by atoms with Crippen molar-refractivity contribution >= 4 is 17.7 Å². The van der Waals surface area contributed by atoms with Crippen molar-refractivity contribution in [1.29, 1.82) is 0 Å². The van der Waals surface area contributed by atoms with Gasteiger partial charge in [0.05, 0.1) is 17.7 Å². The molecular formula is C32H34O7. The topological polar surface area (TPSA) is 110 Å². The molecule has 3 aromatic rings. The molecule has 3 aromatic carbocycles. The van der Waals surface area contributed by atoms with Crippen molar-refractivity contribution in [2.24, 2.45) is 0 Å². The Hall–Kier alpha value is -4.23. The van der Waals surface area contributed by atoms with Gasteiger partial charge in [0, 0.05) is 6.42 Å². The van der Waals surface area contributed by atoms with E-state index in [0.29, 0.717) is 34.4 Å². The molecule has 0 fully saturated rings. The van der Waals surface area contributed by atoms with Crippen LogP contribution in [0.5, 0.6) is 5.75 Å². The zero-order valence-electron chi connectivity index (χ0n) is 22.1. The van der Waals surface area contributed by atoms with Crippen molar-refractivity contribution in [3.8, 4) is 16.9 Å². The molecule has 2 N–H and O–H groups in total. The van der Waals surface area contributed by atoms with Crippen molar-refractivity contribution in [3.05, 3.63) is 102 Å². The van der Waals surface area contributed by atoms with E-state index in [2.05, 4.69) is 6.58 Å². The van der Waals surface area contributed by atoms with Gasteiger partial charge in [-0.1, -0.05) is 68.5 Å². The predicted octanol–water partition coefficient (Wildman–Crippen LogP) is 6.42. The van der Waals surface area contributed by atoms with Crippen molar-refractivity contribution in [2.75, 3.05) is 13.2 Å². The van der Waals surface area contributed by atoms with Crippen LogP contribution in [0.4, 0.5) is 0 Å². The first kappa shape index (κ1) is 29.3. The number of allylic oxidation sites excluding steroid dienone is 1. The Balaban J connectivity index is 1.89. The second-order valence-electron chi connectivity index (χ2n) is 9.10. The lowest BCUT2D eigenvalue weighted by Gasteiger charge is -2.20. The summed E-state index contributed by atoms with van der Waals surface area (Å²) in [6.07, 6.45) is 2.14. The average Bonchev–Trinajstić information content (AvgIpc) is 2.96. The van der Waals surface area contributed by atoms with Gasteiger partial charge in [-0.05, 0) is 65.8 Å². The monoisotopic (exact) mass is 530 g/mol. The summed E-state index contributed by atoms with van der Waals surface area (Å²) in [4.78, 5) is 38.0. The molecule has 0 saturated carbocycles. The maximum Gasteiger partial charge on any atom is 0.339 e. The molecular weight excluding hydrogens is 496 g/mol. The van der Waals surface area contributed by atoms with Gasteiger partial charge in [0.15, 0.2) is 5.78 Å². The molecule has 0 amide bonds. The van der Waals surface area contributed by atoms with Crippen LogP contribution in [0.2, 0.25) is 0 Å². The van der Waals surface area contributed by atoms with E-state index in [1.54, 1.807) is 66.7 Å². The Morgan fingerprint density at radius 3 is 2.10 bits per heavy atom. The third kappa shape index (κ3) is 8.12. The molecule has 0 saturated heterocycles. The molecule has 0 aliphatic heterocycles. The highest BCUT2D eigenvalue weighted by Gasteiger charge is 2.23. The van der Waals surface area contributed by atoms with Crippen LogP contribution in [0, 0.1) is 0 Å². The molecule has 39 heavy (non-hydrogen) atoms. The van der Waals surface area contributed by atoms with Crippen LogP contribution in [0.1, 0.15) is 71.4 Å². The van der Waals surface area contributed by atoms with Crippen molar-refractivity contribution in [1.82, 2.24) is 0 Å². The molecule has 3 rings (SSSR count). The number of rotatable bonds is 15. The standard InChI is InChI=1S/C32H34O7/c1-3-4-9-22(2)29(34)18-19-30(23-14-16-24(17-15-23)38-21-20-33)39-32(37)28-13-8-6-11-26(28)25-10-5-7-12-27(25)31(35)36/h5-8,10-17,30,33H,2-4,9,18-21H2,1H3,(H,35,36)/t30-/m1/s1. The Labute approximate surface area is 228 Å². The zero-order chi connectivity index (χ0) is 28.2. The van der Waals surface area contributed by atoms with Gasteiger partial charge in [-0.2, -0.15) is 0 Å². The average molecular weight is 531 g/mol. The molecule has 0 bridgehead atoms. The first-order valence-corrected chi connectivity index (χ1v) is 13.0. The third-order valence-electron chi connectivity index (χ3n) is 6.32. The number of hydrogen-bond donors (Lipinski definition) is 2.